The normalized spacial score (nSPS) is 23.1. The molecule has 1 amide bonds. The summed E-state index contributed by atoms with van der Waals surface area (Å²) < 4.78 is 5.30. The quantitative estimate of drug-likeness (QED) is 0.841. The molecule has 3 heterocycles. The predicted octanol–water partition coefficient (Wildman–Crippen LogP) is 0.282. The summed E-state index contributed by atoms with van der Waals surface area (Å²) in [4.78, 5) is 16.6. The van der Waals surface area contributed by atoms with Crippen molar-refractivity contribution in [3.05, 3.63) is 18.3 Å². The third-order valence-corrected chi connectivity index (χ3v) is 4.58. The van der Waals surface area contributed by atoms with Crippen LogP contribution in [0.4, 0.5) is 5.82 Å². The number of carbonyl (C=O) groups is 1. The first-order valence-corrected chi connectivity index (χ1v) is 8.40. The number of carbonyl (C=O) groups excluding carboxylic acids is 1. The van der Waals surface area contributed by atoms with Gasteiger partial charge in [0.2, 0.25) is 5.91 Å². The summed E-state index contributed by atoms with van der Waals surface area (Å²) in [6, 6.07) is 4.10. The summed E-state index contributed by atoms with van der Waals surface area (Å²) in [6.07, 6.45) is 3.95. The second-order valence-corrected chi connectivity index (χ2v) is 6.14. The molecule has 7 nitrogen and oxygen atoms in total. The summed E-state index contributed by atoms with van der Waals surface area (Å²) in [5, 5.41) is 11.6. The summed E-state index contributed by atoms with van der Waals surface area (Å²) in [5.74, 6) is 1.08. The summed E-state index contributed by atoms with van der Waals surface area (Å²) in [6.45, 7) is 6.40. The van der Waals surface area contributed by atoms with Crippen LogP contribution < -0.4 is 10.2 Å². The average molecular weight is 319 g/mol. The van der Waals surface area contributed by atoms with E-state index in [0.29, 0.717) is 32.3 Å². The number of hydrogen-bond acceptors (Lipinski definition) is 6. The minimum Gasteiger partial charge on any atom is -0.378 e. The van der Waals surface area contributed by atoms with Gasteiger partial charge in [0.15, 0.2) is 5.82 Å². The van der Waals surface area contributed by atoms with Crippen LogP contribution in [0, 0.1) is 0 Å². The zero-order valence-corrected chi connectivity index (χ0v) is 13.6. The van der Waals surface area contributed by atoms with Gasteiger partial charge in [-0.3, -0.25) is 4.79 Å². The lowest BCUT2D eigenvalue weighted by molar-refractivity contribution is -0.137. The van der Waals surface area contributed by atoms with Crippen molar-refractivity contribution in [1.29, 1.82) is 0 Å². The van der Waals surface area contributed by atoms with Crippen molar-refractivity contribution in [3.8, 4) is 0 Å². The zero-order chi connectivity index (χ0) is 16.1. The van der Waals surface area contributed by atoms with E-state index in [4.69, 9.17) is 4.74 Å². The monoisotopic (exact) mass is 319 g/mol. The fraction of sp³-hybridized carbons (Fsp3) is 0.688. The molecule has 2 aliphatic heterocycles. The van der Waals surface area contributed by atoms with Gasteiger partial charge in [0, 0.05) is 38.4 Å². The first-order chi connectivity index (χ1) is 11.3. The second kappa shape index (κ2) is 7.70. The van der Waals surface area contributed by atoms with Crippen molar-refractivity contribution in [2.24, 2.45) is 0 Å². The van der Waals surface area contributed by atoms with E-state index >= 15 is 0 Å². The number of morpholine rings is 1. The zero-order valence-electron chi connectivity index (χ0n) is 13.6. The lowest BCUT2D eigenvalue weighted by Gasteiger charge is -2.31. The number of anilines is 1. The maximum absolute atomic E-state index is 12.4. The van der Waals surface area contributed by atoms with Gasteiger partial charge < -0.3 is 19.9 Å². The van der Waals surface area contributed by atoms with Gasteiger partial charge in [-0.1, -0.05) is 0 Å². The highest BCUT2D eigenvalue weighted by Gasteiger charge is 2.28. The molecular weight excluding hydrogens is 294 g/mol. The Morgan fingerprint density at radius 1 is 1.43 bits per heavy atom. The van der Waals surface area contributed by atoms with E-state index in [0.717, 1.165) is 31.7 Å². The average Bonchev–Trinajstić information content (AvgIpc) is 3.09. The van der Waals surface area contributed by atoms with Crippen LogP contribution in [0.2, 0.25) is 0 Å². The Hall–Kier alpha value is -1.73. The molecule has 2 fully saturated rings. The van der Waals surface area contributed by atoms with Gasteiger partial charge in [-0.25, -0.2) is 0 Å². The van der Waals surface area contributed by atoms with Gasteiger partial charge in [-0.2, -0.15) is 5.10 Å². The molecule has 23 heavy (non-hydrogen) atoms. The van der Waals surface area contributed by atoms with Crippen molar-refractivity contribution < 1.29 is 9.53 Å². The summed E-state index contributed by atoms with van der Waals surface area (Å²) in [7, 11) is 0. The highest BCUT2D eigenvalue weighted by atomic mass is 16.5. The maximum Gasteiger partial charge on any atom is 0.239 e. The van der Waals surface area contributed by atoms with Gasteiger partial charge in [-0.15, -0.1) is 5.10 Å². The molecule has 0 aliphatic carbocycles. The molecular formula is C16H25N5O2. The Labute approximate surface area is 137 Å². The highest BCUT2D eigenvalue weighted by Crippen LogP contribution is 2.22. The highest BCUT2D eigenvalue weighted by molar-refractivity contribution is 5.81. The summed E-state index contributed by atoms with van der Waals surface area (Å²) in [5.41, 5.74) is 0. The Morgan fingerprint density at radius 2 is 2.26 bits per heavy atom. The van der Waals surface area contributed by atoms with Crippen LogP contribution in [-0.4, -0.2) is 72.5 Å². The first kappa shape index (κ1) is 16.1. The minimum atomic E-state index is -0.169. The van der Waals surface area contributed by atoms with Crippen LogP contribution in [0.1, 0.15) is 19.8 Å². The SMILES string of the molecule is C[C@H](NC[C@H]1CCCN1c1cccnn1)C(=O)N1CCOCC1. The molecule has 1 aromatic rings. The molecule has 126 valence electrons. The predicted molar refractivity (Wildman–Crippen MR) is 87.3 cm³/mol. The third kappa shape index (κ3) is 3.97. The molecule has 1 aromatic heterocycles. The molecule has 2 aliphatic rings. The van der Waals surface area contributed by atoms with E-state index in [1.807, 2.05) is 24.0 Å². The molecule has 2 atom stereocenters. The van der Waals surface area contributed by atoms with Crippen molar-refractivity contribution in [2.45, 2.75) is 31.8 Å². The van der Waals surface area contributed by atoms with Crippen molar-refractivity contribution >= 4 is 11.7 Å². The Bertz CT molecular complexity index is 506. The number of aromatic nitrogens is 2. The Morgan fingerprint density at radius 3 is 3.00 bits per heavy atom. The smallest absolute Gasteiger partial charge is 0.239 e. The van der Waals surface area contributed by atoms with E-state index in [-0.39, 0.29) is 11.9 Å². The van der Waals surface area contributed by atoms with Gasteiger partial charge in [0.05, 0.1) is 19.3 Å². The van der Waals surface area contributed by atoms with Crippen LogP contribution in [0.25, 0.3) is 0 Å². The van der Waals surface area contributed by atoms with Crippen molar-refractivity contribution in [2.75, 3.05) is 44.3 Å². The molecule has 7 heteroatoms. The fourth-order valence-electron chi connectivity index (χ4n) is 3.25. The number of ether oxygens (including phenoxy) is 1. The topological polar surface area (TPSA) is 70.6 Å². The lowest BCUT2D eigenvalue weighted by atomic mass is 10.2. The standard InChI is InChI=1S/C16H25N5O2/c1-13(16(22)20-8-10-23-11-9-20)17-12-14-4-3-7-21(14)15-5-2-6-18-19-15/h2,5-6,13-14,17H,3-4,7-12H2,1H3/t13-,14+/m0/s1. The van der Waals surface area contributed by atoms with E-state index in [9.17, 15) is 4.79 Å². The molecule has 0 aromatic carbocycles. The van der Waals surface area contributed by atoms with Gasteiger partial charge >= 0.3 is 0 Å². The number of nitrogens with zero attached hydrogens (tertiary/aromatic N) is 4. The molecule has 0 spiro atoms. The van der Waals surface area contributed by atoms with E-state index < -0.39 is 0 Å². The molecule has 3 rings (SSSR count). The van der Waals surface area contributed by atoms with E-state index in [2.05, 4.69) is 20.4 Å². The molecule has 0 unspecified atom stereocenters. The lowest BCUT2D eigenvalue weighted by Crippen LogP contribution is -2.51. The maximum atomic E-state index is 12.4. The molecule has 0 bridgehead atoms. The van der Waals surface area contributed by atoms with Crippen LogP contribution in [-0.2, 0) is 9.53 Å². The van der Waals surface area contributed by atoms with E-state index in [1.54, 1.807) is 6.20 Å². The van der Waals surface area contributed by atoms with Crippen LogP contribution in [0.5, 0.6) is 0 Å². The molecule has 2 saturated heterocycles. The van der Waals surface area contributed by atoms with E-state index in [1.165, 1.54) is 0 Å². The fourth-order valence-corrected chi connectivity index (χ4v) is 3.25. The molecule has 0 radical (unpaired) electrons. The third-order valence-electron chi connectivity index (χ3n) is 4.58. The number of amides is 1. The van der Waals surface area contributed by atoms with Crippen LogP contribution in [0.3, 0.4) is 0 Å². The van der Waals surface area contributed by atoms with Crippen LogP contribution >= 0.6 is 0 Å². The molecule has 1 N–H and O–H groups in total. The Balaban J connectivity index is 1.51. The molecule has 0 saturated carbocycles. The Kier molecular flexibility index (Phi) is 5.40. The number of nitrogens with one attached hydrogen (secondary N) is 1. The summed E-state index contributed by atoms with van der Waals surface area (Å²) >= 11 is 0. The van der Waals surface area contributed by atoms with Gasteiger partial charge in [0.1, 0.15) is 0 Å². The second-order valence-electron chi connectivity index (χ2n) is 6.14. The van der Waals surface area contributed by atoms with Gasteiger partial charge in [0.25, 0.3) is 0 Å². The number of hydrogen-bond donors (Lipinski definition) is 1. The van der Waals surface area contributed by atoms with Crippen molar-refractivity contribution in [3.63, 3.8) is 0 Å². The first-order valence-electron chi connectivity index (χ1n) is 8.40. The minimum absolute atomic E-state index is 0.164. The van der Waals surface area contributed by atoms with Crippen molar-refractivity contribution in [1.82, 2.24) is 20.4 Å². The number of rotatable bonds is 5. The van der Waals surface area contributed by atoms with Crippen LogP contribution in [0.15, 0.2) is 18.3 Å². The van der Waals surface area contributed by atoms with Gasteiger partial charge in [-0.05, 0) is 31.9 Å². The largest absolute Gasteiger partial charge is 0.378 e.